The lowest BCUT2D eigenvalue weighted by atomic mass is 9.94. The van der Waals surface area contributed by atoms with Crippen molar-refractivity contribution in [3.05, 3.63) is 0 Å². The molecule has 90 valence electrons. The molecule has 1 unspecified atom stereocenters. The molecule has 3 heteroatoms. The van der Waals surface area contributed by atoms with Crippen molar-refractivity contribution < 1.29 is 9.84 Å². The number of hydrogen-bond donors (Lipinski definition) is 1. The van der Waals surface area contributed by atoms with Gasteiger partial charge in [0.25, 0.3) is 0 Å². The first-order valence-electron chi connectivity index (χ1n) is 6.02. The summed E-state index contributed by atoms with van der Waals surface area (Å²) in [5.74, 6) is 0. The largest absolute Gasteiger partial charge is 0.396 e. The van der Waals surface area contributed by atoms with Crippen molar-refractivity contribution in [2.75, 3.05) is 32.8 Å². The van der Waals surface area contributed by atoms with E-state index in [4.69, 9.17) is 4.74 Å². The third-order valence-electron chi connectivity index (χ3n) is 3.01. The van der Waals surface area contributed by atoms with Gasteiger partial charge in [0.1, 0.15) is 0 Å². The molecule has 0 bridgehead atoms. The van der Waals surface area contributed by atoms with E-state index >= 15 is 0 Å². The first-order valence-corrected chi connectivity index (χ1v) is 6.02. The third-order valence-corrected chi connectivity index (χ3v) is 3.01. The molecule has 1 saturated heterocycles. The molecule has 1 heterocycles. The Morgan fingerprint density at radius 2 is 2.20 bits per heavy atom. The van der Waals surface area contributed by atoms with E-state index in [-0.39, 0.29) is 12.0 Å². The third kappa shape index (κ3) is 4.49. The number of hydrogen-bond acceptors (Lipinski definition) is 3. The predicted molar refractivity (Wildman–Crippen MR) is 62.0 cm³/mol. The van der Waals surface area contributed by atoms with E-state index in [1.165, 1.54) is 12.8 Å². The molecule has 0 spiro atoms. The molecular weight excluding hydrogens is 190 g/mol. The zero-order chi connectivity index (χ0) is 11.3. The van der Waals surface area contributed by atoms with Gasteiger partial charge in [-0.05, 0) is 19.4 Å². The molecule has 1 atom stereocenters. The van der Waals surface area contributed by atoms with Crippen LogP contribution in [-0.4, -0.2) is 49.0 Å². The Hall–Kier alpha value is -0.120. The first-order chi connectivity index (χ1) is 7.07. The van der Waals surface area contributed by atoms with Gasteiger partial charge in [0.15, 0.2) is 0 Å². The Morgan fingerprint density at radius 1 is 1.47 bits per heavy atom. The second-order valence-corrected chi connectivity index (χ2v) is 5.29. The number of nitrogens with zero attached hydrogens (tertiary/aromatic N) is 1. The van der Waals surface area contributed by atoms with E-state index in [0.717, 1.165) is 26.2 Å². The summed E-state index contributed by atoms with van der Waals surface area (Å²) in [6, 6.07) is 0. The van der Waals surface area contributed by atoms with Crippen LogP contribution >= 0.6 is 0 Å². The van der Waals surface area contributed by atoms with Gasteiger partial charge in [-0.3, -0.25) is 0 Å². The van der Waals surface area contributed by atoms with E-state index in [1.54, 1.807) is 0 Å². The standard InChI is InChI=1S/C12H25NO2/c1-4-13(9-12(2,3)10-14)8-11-6-5-7-15-11/h11,14H,4-10H2,1-3H3. The zero-order valence-corrected chi connectivity index (χ0v) is 10.3. The van der Waals surface area contributed by atoms with Crippen LogP contribution in [0.15, 0.2) is 0 Å². The summed E-state index contributed by atoms with van der Waals surface area (Å²) < 4.78 is 5.63. The van der Waals surface area contributed by atoms with Crippen LogP contribution in [0.3, 0.4) is 0 Å². The van der Waals surface area contributed by atoms with Crippen molar-refractivity contribution in [3.8, 4) is 0 Å². The molecule has 1 N–H and O–H groups in total. The van der Waals surface area contributed by atoms with Crippen LogP contribution in [0.4, 0.5) is 0 Å². The predicted octanol–water partition coefficient (Wildman–Crippen LogP) is 1.51. The highest BCUT2D eigenvalue weighted by atomic mass is 16.5. The molecule has 0 amide bonds. The molecule has 1 aliphatic heterocycles. The number of likely N-dealkylation sites (N-methyl/N-ethyl adjacent to an activating group) is 1. The minimum atomic E-state index is -0.00534. The van der Waals surface area contributed by atoms with Gasteiger partial charge in [0.2, 0.25) is 0 Å². The van der Waals surface area contributed by atoms with Crippen LogP contribution in [-0.2, 0) is 4.74 Å². The summed E-state index contributed by atoms with van der Waals surface area (Å²) in [5, 5.41) is 9.24. The lowest BCUT2D eigenvalue weighted by molar-refractivity contribution is 0.0479. The van der Waals surface area contributed by atoms with Crippen molar-refractivity contribution >= 4 is 0 Å². The van der Waals surface area contributed by atoms with Crippen molar-refractivity contribution in [1.29, 1.82) is 0 Å². The zero-order valence-electron chi connectivity index (χ0n) is 10.3. The van der Waals surface area contributed by atoms with Crippen molar-refractivity contribution in [1.82, 2.24) is 4.90 Å². The van der Waals surface area contributed by atoms with Gasteiger partial charge in [-0.1, -0.05) is 20.8 Å². The average molecular weight is 215 g/mol. The summed E-state index contributed by atoms with van der Waals surface area (Å²) >= 11 is 0. The van der Waals surface area contributed by atoms with E-state index in [0.29, 0.717) is 6.10 Å². The second kappa shape index (κ2) is 5.83. The SMILES string of the molecule is CCN(CC1CCCO1)CC(C)(C)CO. The molecule has 1 rings (SSSR count). The molecule has 0 aromatic carbocycles. The van der Waals surface area contributed by atoms with Gasteiger partial charge in [-0.15, -0.1) is 0 Å². The van der Waals surface area contributed by atoms with Gasteiger partial charge < -0.3 is 14.7 Å². The monoisotopic (exact) mass is 215 g/mol. The lowest BCUT2D eigenvalue weighted by Crippen LogP contribution is -2.40. The summed E-state index contributed by atoms with van der Waals surface area (Å²) in [4.78, 5) is 2.38. The molecule has 0 saturated carbocycles. The highest BCUT2D eigenvalue weighted by Crippen LogP contribution is 2.18. The fraction of sp³-hybridized carbons (Fsp3) is 1.00. The topological polar surface area (TPSA) is 32.7 Å². The van der Waals surface area contributed by atoms with Crippen LogP contribution in [0.5, 0.6) is 0 Å². The fourth-order valence-electron chi connectivity index (χ4n) is 2.04. The maximum absolute atomic E-state index is 9.24. The number of aliphatic hydroxyl groups excluding tert-OH is 1. The fourth-order valence-corrected chi connectivity index (χ4v) is 2.04. The normalized spacial score (nSPS) is 22.6. The minimum Gasteiger partial charge on any atom is -0.396 e. The number of rotatable bonds is 6. The molecule has 0 aromatic heterocycles. The lowest BCUT2D eigenvalue weighted by Gasteiger charge is -2.31. The quantitative estimate of drug-likeness (QED) is 0.729. The molecule has 1 aliphatic rings. The van der Waals surface area contributed by atoms with Gasteiger partial charge in [0.05, 0.1) is 6.10 Å². The van der Waals surface area contributed by atoms with E-state index in [2.05, 4.69) is 25.7 Å². The van der Waals surface area contributed by atoms with E-state index < -0.39 is 0 Å². The van der Waals surface area contributed by atoms with Crippen LogP contribution in [0.2, 0.25) is 0 Å². The Balaban J connectivity index is 2.34. The Bertz CT molecular complexity index is 176. The summed E-state index contributed by atoms with van der Waals surface area (Å²) in [5.41, 5.74) is -0.00534. The smallest absolute Gasteiger partial charge is 0.0702 e. The maximum atomic E-state index is 9.24. The summed E-state index contributed by atoms with van der Waals surface area (Å²) in [7, 11) is 0. The maximum Gasteiger partial charge on any atom is 0.0702 e. The van der Waals surface area contributed by atoms with Crippen molar-refractivity contribution in [2.24, 2.45) is 5.41 Å². The number of aliphatic hydroxyl groups is 1. The molecule has 0 aromatic rings. The molecular formula is C12H25NO2. The van der Waals surface area contributed by atoms with Crippen LogP contribution in [0.1, 0.15) is 33.6 Å². The average Bonchev–Trinajstić information content (AvgIpc) is 2.69. The summed E-state index contributed by atoms with van der Waals surface area (Å²) in [6.45, 7) is 10.5. The van der Waals surface area contributed by atoms with E-state index in [1.807, 2.05) is 0 Å². The number of ether oxygens (including phenoxy) is 1. The van der Waals surface area contributed by atoms with Gasteiger partial charge in [0, 0.05) is 31.7 Å². The van der Waals surface area contributed by atoms with Gasteiger partial charge in [-0.2, -0.15) is 0 Å². The minimum absolute atomic E-state index is 0.00534. The van der Waals surface area contributed by atoms with Gasteiger partial charge in [-0.25, -0.2) is 0 Å². The molecule has 0 radical (unpaired) electrons. The molecule has 3 nitrogen and oxygen atoms in total. The Labute approximate surface area is 93.4 Å². The molecule has 0 aliphatic carbocycles. The van der Waals surface area contributed by atoms with Crippen molar-refractivity contribution in [2.45, 2.75) is 39.7 Å². The Kier molecular flexibility index (Phi) is 5.03. The molecule has 15 heavy (non-hydrogen) atoms. The van der Waals surface area contributed by atoms with Gasteiger partial charge >= 0.3 is 0 Å². The van der Waals surface area contributed by atoms with Crippen LogP contribution < -0.4 is 0 Å². The van der Waals surface area contributed by atoms with Crippen LogP contribution in [0, 0.1) is 5.41 Å². The van der Waals surface area contributed by atoms with E-state index in [9.17, 15) is 5.11 Å². The van der Waals surface area contributed by atoms with Crippen LogP contribution in [0.25, 0.3) is 0 Å². The Morgan fingerprint density at radius 3 is 2.67 bits per heavy atom. The highest BCUT2D eigenvalue weighted by molar-refractivity contribution is 4.76. The van der Waals surface area contributed by atoms with Crippen molar-refractivity contribution in [3.63, 3.8) is 0 Å². The second-order valence-electron chi connectivity index (χ2n) is 5.29. The molecule has 1 fully saturated rings. The first kappa shape index (κ1) is 12.9. The highest BCUT2D eigenvalue weighted by Gasteiger charge is 2.24. The summed E-state index contributed by atoms with van der Waals surface area (Å²) in [6.07, 6.45) is 2.81.